The third-order valence-corrected chi connectivity index (χ3v) is 7.14. The van der Waals surface area contributed by atoms with Gasteiger partial charge in [-0.15, -0.1) is 10.2 Å². The molecule has 1 N–H and O–H groups in total. The highest BCUT2D eigenvalue weighted by molar-refractivity contribution is 7.99. The summed E-state index contributed by atoms with van der Waals surface area (Å²) >= 11 is 1.20. The van der Waals surface area contributed by atoms with E-state index < -0.39 is 9.84 Å². The zero-order valence-corrected chi connectivity index (χ0v) is 15.2. The molecule has 7 nitrogen and oxygen atoms in total. The predicted molar refractivity (Wildman–Crippen MR) is 90.7 cm³/mol. The minimum atomic E-state index is -2.98. The van der Waals surface area contributed by atoms with Crippen molar-refractivity contribution in [2.24, 2.45) is 0 Å². The Labute approximate surface area is 146 Å². The van der Waals surface area contributed by atoms with Crippen molar-refractivity contribution in [2.45, 2.75) is 62.1 Å². The Bertz CT molecular complexity index is 666. The maximum Gasteiger partial charge on any atom is 0.277 e. The molecule has 0 aromatic carbocycles. The molecule has 0 bridgehead atoms. The van der Waals surface area contributed by atoms with E-state index in [1.165, 1.54) is 37.4 Å². The lowest BCUT2D eigenvalue weighted by Gasteiger charge is -2.15. The van der Waals surface area contributed by atoms with Crippen LogP contribution in [0.25, 0.3) is 0 Å². The van der Waals surface area contributed by atoms with E-state index in [9.17, 15) is 13.2 Å². The number of thioether (sulfide) groups is 1. The van der Waals surface area contributed by atoms with Crippen molar-refractivity contribution in [3.05, 3.63) is 5.89 Å². The van der Waals surface area contributed by atoms with Crippen LogP contribution in [0, 0.1) is 0 Å². The first-order valence-corrected chi connectivity index (χ1v) is 11.3. The Balaban J connectivity index is 1.46. The van der Waals surface area contributed by atoms with E-state index in [-0.39, 0.29) is 35.1 Å². The maximum atomic E-state index is 12.0. The maximum absolute atomic E-state index is 12.0. The number of amides is 1. The van der Waals surface area contributed by atoms with Crippen molar-refractivity contribution in [1.29, 1.82) is 0 Å². The lowest BCUT2D eigenvalue weighted by molar-refractivity contribution is -0.119. The summed E-state index contributed by atoms with van der Waals surface area (Å²) in [5.74, 6) is 0.615. The molecule has 0 radical (unpaired) electrons. The van der Waals surface area contributed by atoms with Crippen LogP contribution in [-0.2, 0) is 14.6 Å². The topological polar surface area (TPSA) is 102 Å². The molecule has 0 spiro atoms. The van der Waals surface area contributed by atoms with Gasteiger partial charge in [-0.25, -0.2) is 8.42 Å². The number of carbonyl (C=O) groups excluding carboxylic acids is 1. The summed E-state index contributed by atoms with van der Waals surface area (Å²) in [6.07, 6.45) is 7.49. The highest BCUT2D eigenvalue weighted by Crippen LogP contribution is 2.29. The van der Waals surface area contributed by atoms with Crippen molar-refractivity contribution in [3.8, 4) is 0 Å². The number of nitrogens with zero attached hydrogens (tertiary/aromatic N) is 2. The van der Waals surface area contributed by atoms with Gasteiger partial charge in [-0.2, -0.15) is 0 Å². The molecule has 0 unspecified atom stereocenters. The molecule has 2 fully saturated rings. The fourth-order valence-electron chi connectivity index (χ4n) is 3.25. The average molecular weight is 374 g/mol. The number of hydrogen-bond acceptors (Lipinski definition) is 7. The second kappa shape index (κ2) is 7.86. The Morgan fingerprint density at radius 3 is 2.58 bits per heavy atom. The van der Waals surface area contributed by atoms with Gasteiger partial charge in [0.15, 0.2) is 9.84 Å². The van der Waals surface area contributed by atoms with E-state index in [4.69, 9.17) is 4.42 Å². The van der Waals surface area contributed by atoms with Gasteiger partial charge >= 0.3 is 0 Å². The first-order valence-electron chi connectivity index (χ1n) is 8.48. The van der Waals surface area contributed by atoms with Crippen LogP contribution in [0.3, 0.4) is 0 Å². The Kier molecular flexibility index (Phi) is 5.80. The van der Waals surface area contributed by atoms with Crippen LogP contribution >= 0.6 is 11.8 Å². The van der Waals surface area contributed by atoms with Crippen LogP contribution < -0.4 is 5.32 Å². The van der Waals surface area contributed by atoms with Crippen molar-refractivity contribution < 1.29 is 17.6 Å². The smallest absolute Gasteiger partial charge is 0.277 e. The van der Waals surface area contributed by atoms with Gasteiger partial charge in [0.1, 0.15) is 0 Å². The highest BCUT2D eigenvalue weighted by Gasteiger charge is 2.32. The number of sulfone groups is 1. The molecule has 134 valence electrons. The molecule has 1 amide bonds. The lowest BCUT2D eigenvalue weighted by atomic mass is 10.1. The van der Waals surface area contributed by atoms with Crippen molar-refractivity contribution in [1.82, 2.24) is 15.5 Å². The molecule has 1 saturated carbocycles. The second-order valence-corrected chi connectivity index (χ2v) is 9.71. The Morgan fingerprint density at radius 1 is 1.17 bits per heavy atom. The molecule has 1 aliphatic carbocycles. The van der Waals surface area contributed by atoms with Gasteiger partial charge in [0.25, 0.3) is 5.22 Å². The van der Waals surface area contributed by atoms with E-state index in [1.807, 2.05) is 0 Å². The first kappa shape index (κ1) is 17.7. The SMILES string of the molecule is O=C(CSc1nnc([C@H]2CCS(=O)(=O)C2)o1)NC1CCCCCC1. The summed E-state index contributed by atoms with van der Waals surface area (Å²) in [5.41, 5.74) is 0. The molecular weight excluding hydrogens is 350 g/mol. The molecule has 1 aromatic rings. The first-order chi connectivity index (χ1) is 11.5. The summed E-state index contributed by atoms with van der Waals surface area (Å²) in [6.45, 7) is 0. The predicted octanol–water partition coefficient (Wildman–Crippen LogP) is 1.90. The summed E-state index contributed by atoms with van der Waals surface area (Å²) in [4.78, 5) is 12.0. The Morgan fingerprint density at radius 2 is 1.92 bits per heavy atom. The van der Waals surface area contributed by atoms with Crippen LogP contribution in [0.4, 0.5) is 0 Å². The zero-order valence-electron chi connectivity index (χ0n) is 13.6. The van der Waals surface area contributed by atoms with Crippen molar-refractivity contribution in [3.63, 3.8) is 0 Å². The molecular formula is C15H23N3O4S2. The Hall–Kier alpha value is -1.09. The molecule has 2 heterocycles. The molecule has 1 saturated heterocycles. The van der Waals surface area contributed by atoms with Crippen LogP contribution in [0.2, 0.25) is 0 Å². The largest absolute Gasteiger partial charge is 0.416 e. The summed E-state index contributed by atoms with van der Waals surface area (Å²) in [6, 6.07) is 0.280. The summed E-state index contributed by atoms with van der Waals surface area (Å²) < 4.78 is 28.5. The number of hydrogen-bond donors (Lipinski definition) is 1. The van der Waals surface area contributed by atoms with Gasteiger partial charge in [-0.3, -0.25) is 4.79 Å². The van der Waals surface area contributed by atoms with Crippen LogP contribution in [-0.4, -0.2) is 47.8 Å². The average Bonchev–Trinajstić information content (AvgIpc) is 3.06. The molecule has 2 aliphatic rings. The fourth-order valence-corrected chi connectivity index (χ4v) is 5.57. The molecule has 3 rings (SSSR count). The van der Waals surface area contributed by atoms with Gasteiger partial charge < -0.3 is 9.73 Å². The molecule has 1 atom stereocenters. The number of rotatable bonds is 5. The zero-order chi connectivity index (χ0) is 17.0. The minimum Gasteiger partial charge on any atom is -0.416 e. The van der Waals surface area contributed by atoms with E-state index in [0.29, 0.717) is 17.5 Å². The molecule has 1 aliphatic heterocycles. The second-order valence-electron chi connectivity index (χ2n) is 6.55. The van der Waals surface area contributed by atoms with Gasteiger partial charge in [0, 0.05) is 6.04 Å². The lowest BCUT2D eigenvalue weighted by Crippen LogP contribution is -2.35. The van der Waals surface area contributed by atoms with Gasteiger partial charge in [-0.05, 0) is 19.3 Å². The normalized spacial score (nSPS) is 24.6. The van der Waals surface area contributed by atoms with E-state index >= 15 is 0 Å². The number of carbonyl (C=O) groups is 1. The highest BCUT2D eigenvalue weighted by atomic mass is 32.2. The number of nitrogens with one attached hydrogen (secondary N) is 1. The monoisotopic (exact) mass is 373 g/mol. The van der Waals surface area contributed by atoms with Gasteiger partial charge in [0.05, 0.1) is 23.2 Å². The summed E-state index contributed by atoms with van der Waals surface area (Å²) in [7, 11) is -2.98. The van der Waals surface area contributed by atoms with Crippen LogP contribution in [0.1, 0.15) is 56.8 Å². The van der Waals surface area contributed by atoms with E-state index in [1.54, 1.807) is 0 Å². The standard InChI is InChI=1S/C15H23N3O4S2/c19-13(16-12-5-3-1-2-4-6-12)9-23-15-18-17-14(22-15)11-7-8-24(20,21)10-11/h11-12H,1-10H2,(H,16,19)/t11-/m0/s1. The molecule has 24 heavy (non-hydrogen) atoms. The van der Waals surface area contributed by atoms with Crippen molar-refractivity contribution in [2.75, 3.05) is 17.3 Å². The van der Waals surface area contributed by atoms with E-state index in [0.717, 1.165) is 12.8 Å². The van der Waals surface area contributed by atoms with Crippen molar-refractivity contribution >= 4 is 27.5 Å². The molecule has 9 heteroatoms. The quantitative estimate of drug-likeness (QED) is 0.621. The minimum absolute atomic E-state index is 0.0184. The fraction of sp³-hybridized carbons (Fsp3) is 0.800. The molecule has 1 aromatic heterocycles. The van der Waals surface area contributed by atoms with Gasteiger partial charge in [-0.1, -0.05) is 37.4 Å². The summed E-state index contributed by atoms with van der Waals surface area (Å²) in [5, 5.41) is 11.2. The van der Waals surface area contributed by atoms with E-state index in [2.05, 4.69) is 15.5 Å². The number of aromatic nitrogens is 2. The van der Waals surface area contributed by atoms with Crippen LogP contribution in [0.15, 0.2) is 9.64 Å². The van der Waals surface area contributed by atoms with Gasteiger partial charge in [0.2, 0.25) is 11.8 Å². The third-order valence-electron chi connectivity index (χ3n) is 4.55. The van der Waals surface area contributed by atoms with Crippen LogP contribution in [0.5, 0.6) is 0 Å². The third kappa shape index (κ3) is 4.95.